The number of aromatic nitrogens is 3. The number of likely N-dealkylation sites (N-methyl/N-ethyl adjacent to an activating group) is 1. The van der Waals surface area contributed by atoms with E-state index < -0.39 is 29.6 Å². The van der Waals surface area contributed by atoms with E-state index in [1.54, 1.807) is 0 Å². The van der Waals surface area contributed by atoms with Crippen molar-refractivity contribution >= 4 is 29.3 Å². The number of amides is 2. The van der Waals surface area contributed by atoms with Crippen LogP contribution in [0.3, 0.4) is 0 Å². The Kier molecular flexibility index (Phi) is 6.25. The Morgan fingerprint density at radius 3 is 2.44 bits per heavy atom. The van der Waals surface area contributed by atoms with Crippen molar-refractivity contribution in [3.8, 4) is 0 Å². The first-order valence-electron chi connectivity index (χ1n) is 7.28. The van der Waals surface area contributed by atoms with E-state index in [1.165, 1.54) is 31.3 Å². The number of thioether (sulfide) groups is 1. The SMILES string of the molecule is CN(CC(=O)Nc1ccc(F)cc1)C(=O)CSc1nnc(C(F)(F)F)n1N. The van der Waals surface area contributed by atoms with Crippen LogP contribution in [0.2, 0.25) is 0 Å². The molecule has 13 heteroatoms. The lowest BCUT2D eigenvalue weighted by molar-refractivity contribution is -0.146. The van der Waals surface area contributed by atoms with E-state index in [2.05, 4.69) is 15.5 Å². The molecule has 0 radical (unpaired) electrons. The first-order chi connectivity index (χ1) is 12.6. The second kappa shape index (κ2) is 8.24. The van der Waals surface area contributed by atoms with Crippen molar-refractivity contribution in [3.63, 3.8) is 0 Å². The highest BCUT2D eigenvalue weighted by atomic mass is 32.2. The van der Waals surface area contributed by atoms with Crippen LogP contribution in [0.1, 0.15) is 5.82 Å². The molecule has 2 aromatic rings. The number of nitrogen functional groups attached to an aromatic ring is 1. The maximum absolute atomic E-state index is 12.8. The van der Waals surface area contributed by atoms with Crippen LogP contribution in [-0.2, 0) is 15.8 Å². The van der Waals surface area contributed by atoms with Crippen molar-refractivity contribution in [2.24, 2.45) is 0 Å². The van der Waals surface area contributed by atoms with Crippen LogP contribution in [0.4, 0.5) is 23.2 Å². The first-order valence-corrected chi connectivity index (χ1v) is 8.26. The number of hydrogen-bond acceptors (Lipinski definition) is 6. The number of nitrogens with zero attached hydrogens (tertiary/aromatic N) is 4. The molecule has 2 rings (SSSR count). The van der Waals surface area contributed by atoms with Gasteiger partial charge in [-0.25, -0.2) is 9.07 Å². The highest BCUT2D eigenvalue weighted by Gasteiger charge is 2.38. The fourth-order valence-electron chi connectivity index (χ4n) is 1.84. The third kappa shape index (κ3) is 5.57. The number of alkyl halides is 3. The molecule has 0 bridgehead atoms. The van der Waals surface area contributed by atoms with Crippen LogP contribution in [0.5, 0.6) is 0 Å². The minimum absolute atomic E-state index is 0.249. The minimum atomic E-state index is -4.76. The van der Waals surface area contributed by atoms with Gasteiger partial charge in [0.25, 0.3) is 5.82 Å². The molecule has 0 aliphatic rings. The molecule has 27 heavy (non-hydrogen) atoms. The maximum atomic E-state index is 12.8. The molecule has 3 N–H and O–H groups in total. The molecule has 0 atom stereocenters. The van der Waals surface area contributed by atoms with Gasteiger partial charge in [0.05, 0.1) is 12.3 Å². The van der Waals surface area contributed by atoms with Gasteiger partial charge in [-0.3, -0.25) is 9.59 Å². The van der Waals surface area contributed by atoms with Gasteiger partial charge >= 0.3 is 6.18 Å². The lowest BCUT2D eigenvalue weighted by Gasteiger charge is -2.16. The van der Waals surface area contributed by atoms with Gasteiger partial charge in [-0.2, -0.15) is 13.2 Å². The van der Waals surface area contributed by atoms with Gasteiger partial charge in [-0.1, -0.05) is 11.8 Å². The fourth-order valence-corrected chi connectivity index (χ4v) is 2.64. The molecule has 1 aromatic carbocycles. The van der Waals surface area contributed by atoms with Crippen molar-refractivity contribution < 1.29 is 27.2 Å². The Labute approximate surface area is 154 Å². The van der Waals surface area contributed by atoms with E-state index in [9.17, 15) is 27.2 Å². The van der Waals surface area contributed by atoms with Crippen LogP contribution in [0, 0.1) is 5.82 Å². The Morgan fingerprint density at radius 2 is 1.89 bits per heavy atom. The summed E-state index contributed by atoms with van der Waals surface area (Å²) in [5.41, 5.74) is 0.354. The Morgan fingerprint density at radius 1 is 1.26 bits per heavy atom. The number of benzene rings is 1. The molecule has 0 aliphatic heterocycles. The molecular weight excluding hydrogens is 392 g/mol. The van der Waals surface area contributed by atoms with Crippen molar-refractivity contribution in [1.82, 2.24) is 19.8 Å². The summed E-state index contributed by atoms with van der Waals surface area (Å²) in [6.45, 7) is -0.306. The van der Waals surface area contributed by atoms with E-state index in [4.69, 9.17) is 5.84 Å². The minimum Gasteiger partial charge on any atom is -0.336 e. The van der Waals surface area contributed by atoms with E-state index in [0.29, 0.717) is 17.4 Å². The zero-order chi connectivity index (χ0) is 20.2. The summed E-state index contributed by atoms with van der Waals surface area (Å²) in [5, 5.41) is 8.41. The zero-order valence-electron chi connectivity index (χ0n) is 13.8. The smallest absolute Gasteiger partial charge is 0.336 e. The molecule has 0 saturated heterocycles. The maximum Gasteiger partial charge on any atom is 0.453 e. The second-order valence-electron chi connectivity index (χ2n) is 5.27. The second-order valence-corrected chi connectivity index (χ2v) is 6.21. The number of anilines is 1. The van der Waals surface area contributed by atoms with Crippen molar-refractivity contribution in [3.05, 3.63) is 35.9 Å². The molecule has 8 nitrogen and oxygen atoms in total. The van der Waals surface area contributed by atoms with Crippen molar-refractivity contribution in [2.45, 2.75) is 11.3 Å². The van der Waals surface area contributed by atoms with Gasteiger partial charge in [0, 0.05) is 12.7 Å². The highest BCUT2D eigenvalue weighted by Crippen LogP contribution is 2.28. The van der Waals surface area contributed by atoms with E-state index in [-0.39, 0.29) is 22.1 Å². The topological polar surface area (TPSA) is 106 Å². The molecule has 0 spiro atoms. The van der Waals surface area contributed by atoms with Gasteiger partial charge < -0.3 is 16.1 Å². The largest absolute Gasteiger partial charge is 0.453 e. The molecule has 0 aliphatic carbocycles. The van der Waals surface area contributed by atoms with Crippen molar-refractivity contribution in [2.75, 3.05) is 30.5 Å². The van der Waals surface area contributed by atoms with Crippen LogP contribution < -0.4 is 11.2 Å². The van der Waals surface area contributed by atoms with Crippen LogP contribution in [0.15, 0.2) is 29.4 Å². The quantitative estimate of drug-likeness (QED) is 0.426. The third-order valence-electron chi connectivity index (χ3n) is 3.18. The molecule has 0 unspecified atom stereocenters. The predicted molar refractivity (Wildman–Crippen MR) is 88.6 cm³/mol. The summed E-state index contributed by atoms with van der Waals surface area (Å²) in [6.07, 6.45) is -4.76. The van der Waals surface area contributed by atoms with Gasteiger partial charge in [0.15, 0.2) is 0 Å². The molecular formula is C14H14F4N6O2S. The van der Waals surface area contributed by atoms with E-state index in [1.807, 2.05) is 0 Å². The monoisotopic (exact) mass is 406 g/mol. The first kappa shape index (κ1) is 20.5. The lowest BCUT2D eigenvalue weighted by Crippen LogP contribution is -2.36. The number of carbonyl (C=O) groups is 2. The number of nitrogens with one attached hydrogen (secondary N) is 1. The van der Waals surface area contributed by atoms with Gasteiger partial charge in [-0.15, -0.1) is 10.2 Å². The molecule has 1 aromatic heterocycles. The number of hydrogen-bond donors (Lipinski definition) is 2. The summed E-state index contributed by atoms with van der Waals surface area (Å²) in [7, 11) is 1.35. The summed E-state index contributed by atoms with van der Waals surface area (Å²) >= 11 is 0.653. The van der Waals surface area contributed by atoms with E-state index >= 15 is 0 Å². The molecule has 0 saturated carbocycles. The van der Waals surface area contributed by atoms with Crippen LogP contribution >= 0.6 is 11.8 Å². The normalized spacial score (nSPS) is 11.3. The average Bonchev–Trinajstić information content (AvgIpc) is 2.95. The number of nitrogens with two attached hydrogens (primary N) is 1. The predicted octanol–water partition coefficient (Wildman–Crippen LogP) is 1.34. The fraction of sp³-hybridized carbons (Fsp3) is 0.286. The number of halogens is 4. The summed E-state index contributed by atoms with van der Waals surface area (Å²) in [6, 6.07) is 5.05. The molecule has 2 amide bonds. The number of rotatable bonds is 6. The Hall–Kier alpha value is -2.83. The van der Waals surface area contributed by atoms with Crippen molar-refractivity contribution in [1.29, 1.82) is 0 Å². The standard InChI is InChI=1S/C14H14F4N6O2S/c1-23(6-10(25)20-9-4-2-8(15)3-5-9)11(26)7-27-13-22-21-12(24(13)19)14(16,17)18/h2-5H,6-7,19H2,1H3,(H,20,25). The van der Waals surface area contributed by atoms with Crippen LogP contribution in [0.25, 0.3) is 0 Å². The van der Waals surface area contributed by atoms with Gasteiger partial charge in [0.2, 0.25) is 17.0 Å². The molecule has 0 fully saturated rings. The van der Waals surface area contributed by atoms with Crippen LogP contribution in [-0.4, -0.2) is 50.9 Å². The summed E-state index contributed by atoms with van der Waals surface area (Å²) in [4.78, 5) is 25.0. The zero-order valence-corrected chi connectivity index (χ0v) is 14.6. The molecule has 1 heterocycles. The van der Waals surface area contributed by atoms with E-state index in [0.717, 1.165) is 4.90 Å². The van der Waals surface area contributed by atoms with Gasteiger partial charge in [-0.05, 0) is 24.3 Å². The average molecular weight is 406 g/mol. The summed E-state index contributed by atoms with van der Waals surface area (Å²) < 4.78 is 50.8. The molecule has 146 valence electrons. The van der Waals surface area contributed by atoms with Gasteiger partial charge in [0.1, 0.15) is 5.82 Å². The number of carbonyl (C=O) groups excluding carboxylic acids is 2. The Bertz CT molecular complexity index is 824. The lowest BCUT2D eigenvalue weighted by atomic mass is 10.3. The Balaban J connectivity index is 1.86. The third-order valence-corrected chi connectivity index (χ3v) is 4.11. The highest BCUT2D eigenvalue weighted by molar-refractivity contribution is 7.99. The summed E-state index contributed by atoms with van der Waals surface area (Å²) in [5.74, 6) is 2.06.